The largest absolute Gasteiger partial charge is 0.361 e. The third-order valence-electron chi connectivity index (χ3n) is 4.77. The molecule has 0 aliphatic carbocycles. The molecule has 1 fully saturated rings. The summed E-state index contributed by atoms with van der Waals surface area (Å²) in [7, 11) is 0. The van der Waals surface area contributed by atoms with Gasteiger partial charge in [0, 0.05) is 18.2 Å². The Labute approximate surface area is 146 Å². The molecule has 2 aromatic heterocycles. The van der Waals surface area contributed by atoms with Crippen LogP contribution in [0.3, 0.4) is 0 Å². The summed E-state index contributed by atoms with van der Waals surface area (Å²) in [6, 6.07) is 1.35. The van der Waals surface area contributed by atoms with E-state index in [0.29, 0.717) is 18.1 Å². The molecule has 25 heavy (non-hydrogen) atoms. The van der Waals surface area contributed by atoms with Crippen molar-refractivity contribution in [3.8, 4) is 0 Å². The van der Waals surface area contributed by atoms with E-state index in [0.717, 1.165) is 29.8 Å². The molecule has 0 saturated carbocycles. The highest BCUT2D eigenvalue weighted by Crippen LogP contribution is 2.31. The normalized spacial score (nSPS) is 17.5. The van der Waals surface area contributed by atoms with E-state index in [1.165, 1.54) is 6.07 Å². The average Bonchev–Trinajstić information content (AvgIpc) is 3.16. The fraction of sp³-hybridized carbons (Fsp3) is 0.556. The van der Waals surface area contributed by atoms with Crippen molar-refractivity contribution in [3.05, 3.63) is 45.0 Å². The molecule has 3 heterocycles. The number of aryl methyl sites for hydroxylation is 2. The SMILES string of the molecule is Cc1noc(C)c1CC(=O)N1CCCC1c1nc(C(C)C)cc(=O)[nH]1. The van der Waals surface area contributed by atoms with Gasteiger partial charge in [-0.15, -0.1) is 0 Å². The number of nitrogens with one attached hydrogen (secondary N) is 1. The van der Waals surface area contributed by atoms with Crippen LogP contribution in [-0.4, -0.2) is 32.5 Å². The molecule has 0 bridgehead atoms. The standard InChI is InChI=1S/C18H24N4O3/c1-10(2)14-9-16(23)20-18(19-14)15-6-5-7-22(15)17(24)8-13-11(3)21-25-12(13)4/h9-10,15H,5-8H2,1-4H3,(H,19,20,23). The summed E-state index contributed by atoms with van der Waals surface area (Å²) >= 11 is 0. The van der Waals surface area contributed by atoms with Crippen molar-refractivity contribution in [1.29, 1.82) is 0 Å². The van der Waals surface area contributed by atoms with Crippen molar-refractivity contribution in [2.24, 2.45) is 0 Å². The van der Waals surface area contributed by atoms with Gasteiger partial charge in [0.25, 0.3) is 5.56 Å². The van der Waals surface area contributed by atoms with Gasteiger partial charge < -0.3 is 14.4 Å². The number of hydrogen-bond acceptors (Lipinski definition) is 5. The molecule has 1 amide bonds. The number of amides is 1. The lowest BCUT2D eigenvalue weighted by Gasteiger charge is -2.24. The maximum atomic E-state index is 12.8. The Hall–Kier alpha value is -2.44. The first kappa shape index (κ1) is 17.4. The zero-order valence-corrected chi connectivity index (χ0v) is 15.1. The molecule has 7 nitrogen and oxygen atoms in total. The second kappa shape index (κ2) is 6.82. The van der Waals surface area contributed by atoms with Gasteiger partial charge in [-0.05, 0) is 32.6 Å². The lowest BCUT2D eigenvalue weighted by molar-refractivity contribution is -0.131. The summed E-state index contributed by atoms with van der Waals surface area (Å²) < 4.78 is 5.15. The van der Waals surface area contributed by atoms with Crippen molar-refractivity contribution < 1.29 is 9.32 Å². The Morgan fingerprint density at radius 2 is 2.20 bits per heavy atom. The van der Waals surface area contributed by atoms with Crippen LogP contribution >= 0.6 is 0 Å². The summed E-state index contributed by atoms with van der Waals surface area (Å²) in [5.74, 6) is 1.43. The number of H-pyrrole nitrogens is 1. The molecule has 1 N–H and O–H groups in total. The van der Waals surface area contributed by atoms with Crippen LogP contribution in [-0.2, 0) is 11.2 Å². The minimum atomic E-state index is -0.181. The second-order valence-electron chi connectivity index (χ2n) is 6.93. The maximum Gasteiger partial charge on any atom is 0.251 e. The molecule has 0 radical (unpaired) electrons. The Bertz CT molecular complexity index is 818. The van der Waals surface area contributed by atoms with Crippen molar-refractivity contribution >= 4 is 5.91 Å². The number of aromatic amines is 1. The molecule has 1 atom stereocenters. The summed E-state index contributed by atoms with van der Waals surface area (Å²) in [5, 5.41) is 3.91. The van der Waals surface area contributed by atoms with E-state index in [1.807, 2.05) is 32.6 Å². The van der Waals surface area contributed by atoms with Crippen molar-refractivity contribution in [2.75, 3.05) is 6.54 Å². The molecular formula is C18H24N4O3. The summed E-state index contributed by atoms with van der Waals surface area (Å²) in [6.07, 6.45) is 1.96. The predicted octanol–water partition coefficient (Wildman–Crippen LogP) is 2.40. The molecule has 0 spiro atoms. The van der Waals surface area contributed by atoms with Gasteiger partial charge in [-0.3, -0.25) is 9.59 Å². The minimum absolute atomic E-state index is 0.00880. The van der Waals surface area contributed by atoms with Crippen LogP contribution in [0.15, 0.2) is 15.4 Å². The minimum Gasteiger partial charge on any atom is -0.361 e. The number of hydrogen-bond donors (Lipinski definition) is 1. The first-order valence-electron chi connectivity index (χ1n) is 8.69. The Kier molecular flexibility index (Phi) is 4.74. The molecule has 1 aliphatic rings. The Morgan fingerprint density at radius 1 is 1.44 bits per heavy atom. The number of aromatic nitrogens is 3. The number of rotatable bonds is 4. The third-order valence-corrected chi connectivity index (χ3v) is 4.77. The first-order valence-corrected chi connectivity index (χ1v) is 8.69. The maximum absolute atomic E-state index is 12.8. The zero-order chi connectivity index (χ0) is 18.1. The van der Waals surface area contributed by atoms with Gasteiger partial charge in [0.15, 0.2) is 0 Å². The van der Waals surface area contributed by atoms with Crippen LogP contribution in [0, 0.1) is 13.8 Å². The number of carbonyl (C=O) groups excluding carboxylic acids is 1. The highest BCUT2D eigenvalue weighted by Gasteiger charge is 2.32. The van der Waals surface area contributed by atoms with E-state index >= 15 is 0 Å². The monoisotopic (exact) mass is 344 g/mol. The number of carbonyl (C=O) groups is 1. The fourth-order valence-corrected chi connectivity index (χ4v) is 3.31. The number of nitrogens with zero attached hydrogens (tertiary/aromatic N) is 3. The lowest BCUT2D eigenvalue weighted by Crippen LogP contribution is -2.34. The van der Waals surface area contributed by atoms with E-state index < -0.39 is 0 Å². The summed E-state index contributed by atoms with van der Waals surface area (Å²) in [6.45, 7) is 8.32. The Morgan fingerprint density at radius 3 is 2.84 bits per heavy atom. The highest BCUT2D eigenvalue weighted by atomic mass is 16.5. The van der Waals surface area contributed by atoms with Gasteiger partial charge in [-0.2, -0.15) is 0 Å². The molecule has 1 aliphatic heterocycles. The molecule has 3 rings (SSSR count). The lowest BCUT2D eigenvalue weighted by atomic mass is 10.1. The van der Waals surface area contributed by atoms with Gasteiger partial charge in [0.2, 0.25) is 5.91 Å². The Balaban J connectivity index is 1.85. The van der Waals surface area contributed by atoms with Gasteiger partial charge in [-0.1, -0.05) is 19.0 Å². The van der Waals surface area contributed by atoms with Crippen LogP contribution in [0.4, 0.5) is 0 Å². The summed E-state index contributed by atoms with van der Waals surface area (Å²) in [4.78, 5) is 34.0. The molecular weight excluding hydrogens is 320 g/mol. The fourth-order valence-electron chi connectivity index (χ4n) is 3.31. The van der Waals surface area contributed by atoms with Crippen molar-refractivity contribution in [1.82, 2.24) is 20.0 Å². The topological polar surface area (TPSA) is 92.1 Å². The zero-order valence-electron chi connectivity index (χ0n) is 15.1. The van der Waals surface area contributed by atoms with E-state index in [-0.39, 0.29) is 29.8 Å². The summed E-state index contributed by atoms with van der Waals surface area (Å²) in [5.41, 5.74) is 2.17. The number of likely N-dealkylation sites (tertiary alicyclic amines) is 1. The van der Waals surface area contributed by atoms with Crippen molar-refractivity contribution in [2.45, 2.75) is 58.9 Å². The van der Waals surface area contributed by atoms with Crippen molar-refractivity contribution in [3.63, 3.8) is 0 Å². The van der Waals surface area contributed by atoms with E-state index in [4.69, 9.17) is 4.52 Å². The van der Waals surface area contributed by atoms with Gasteiger partial charge in [0.05, 0.1) is 23.9 Å². The van der Waals surface area contributed by atoms with E-state index in [1.54, 1.807) is 0 Å². The molecule has 7 heteroatoms. The van der Waals surface area contributed by atoms with Crippen LogP contribution in [0.1, 0.15) is 67.2 Å². The molecule has 134 valence electrons. The van der Waals surface area contributed by atoms with Gasteiger partial charge in [0.1, 0.15) is 11.6 Å². The third kappa shape index (κ3) is 3.50. The quantitative estimate of drug-likeness (QED) is 0.919. The van der Waals surface area contributed by atoms with Crippen LogP contribution < -0.4 is 5.56 Å². The van der Waals surface area contributed by atoms with Crippen LogP contribution in [0.25, 0.3) is 0 Å². The second-order valence-corrected chi connectivity index (χ2v) is 6.93. The van der Waals surface area contributed by atoms with Crippen LogP contribution in [0.2, 0.25) is 0 Å². The predicted molar refractivity (Wildman–Crippen MR) is 92.3 cm³/mol. The molecule has 2 aromatic rings. The molecule has 1 unspecified atom stereocenters. The van der Waals surface area contributed by atoms with Crippen LogP contribution in [0.5, 0.6) is 0 Å². The molecule has 1 saturated heterocycles. The highest BCUT2D eigenvalue weighted by molar-refractivity contribution is 5.79. The average molecular weight is 344 g/mol. The van der Waals surface area contributed by atoms with Gasteiger partial charge in [-0.25, -0.2) is 4.98 Å². The smallest absolute Gasteiger partial charge is 0.251 e. The van der Waals surface area contributed by atoms with E-state index in [9.17, 15) is 9.59 Å². The first-order chi connectivity index (χ1) is 11.9. The van der Waals surface area contributed by atoms with Gasteiger partial charge >= 0.3 is 0 Å². The molecule has 0 aromatic carbocycles. The van der Waals surface area contributed by atoms with E-state index in [2.05, 4.69) is 15.1 Å².